The zero-order chi connectivity index (χ0) is 15.0. The van der Waals surface area contributed by atoms with Crippen molar-refractivity contribution < 1.29 is 9.53 Å². The van der Waals surface area contributed by atoms with Crippen molar-refractivity contribution in [1.29, 1.82) is 0 Å². The predicted molar refractivity (Wildman–Crippen MR) is 82.9 cm³/mol. The van der Waals surface area contributed by atoms with Gasteiger partial charge in [0, 0.05) is 11.8 Å². The average Bonchev–Trinajstić information content (AvgIpc) is 2.42. The summed E-state index contributed by atoms with van der Waals surface area (Å²) in [6.45, 7) is 6.93. The predicted octanol–water partition coefficient (Wildman–Crippen LogP) is 3.18. The van der Waals surface area contributed by atoms with Crippen LogP contribution in [0.1, 0.15) is 40.0 Å². The van der Waals surface area contributed by atoms with Gasteiger partial charge in [-0.25, -0.2) is 0 Å². The molecule has 0 aromatic heterocycles. The minimum absolute atomic E-state index is 0.139. The van der Waals surface area contributed by atoms with Crippen LogP contribution in [0, 0.1) is 5.92 Å². The summed E-state index contributed by atoms with van der Waals surface area (Å²) < 4.78 is 5.63. The second kappa shape index (κ2) is 8.59. The number of hydrogen-bond acceptors (Lipinski definition) is 3. The molecule has 0 radical (unpaired) electrons. The Labute approximate surface area is 121 Å². The quantitative estimate of drug-likeness (QED) is 0.767. The summed E-state index contributed by atoms with van der Waals surface area (Å²) in [6.07, 6.45) is 2.72. The lowest BCUT2D eigenvalue weighted by Gasteiger charge is -2.13. The zero-order valence-corrected chi connectivity index (χ0v) is 12.7. The third-order valence-corrected chi connectivity index (χ3v) is 2.89. The molecule has 0 saturated heterocycles. The molecule has 0 saturated carbocycles. The van der Waals surface area contributed by atoms with Gasteiger partial charge in [0.1, 0.15) is 5.75 Å². The molecule has 1 aromatic carbocycles. The van der Waals surface area contributed by atoms with Gasteiger partial charge in [0.05, 0.1) is 12.6 Å². The van der Waals surface area contributed by atoms with E-state index in [1.54, 1.807) is 0 Å². The van der Waals surface area contributed by atoms with Crippen LogP contribution in [-0.4, -0.2) is 18.6 Å². The zero-order valence-electron chi connectivity index (χ0n) is 12.7. The molecule has 112 valence electrons. The molecule has 1 atom stereocenters. The van der Waals surface area contributed by atoms with Crippen molar-refractivity contribution in [3.05, 3.63) is 24.3 Å². The first kappa shape index (κ1) is 16.5. The Bertz CT molecular complexity index is 419. The molecule has 0 bridgehead atoms. The Hall–Kier alpha value is -1.55. The van der Waals surface area contributed by atoms with Crippen LogP contribution in [0.25, 0.3) is 0 Å². The van der Waals surface area contributed by atoms with E-state index in [9.17, 15) is 4.79 Å². The normalized spacial score (nSPS) is 12.2. The molecule has 3 N–H and O–H groups in total. The van der Waals surface area contributed by atoms with Gasteiger partial charge >= 0.3 is 0 Å². The molecule has 1 unspecified atom stereocenters. The number of anilines is 1. The van der Waals surface area contributed by atoms with Gasteiger partial charge in [-0.3, -0.25) is 4.79 Å². The minimum atomic E-state index is -0.449. The molecule has 0 spiro atoms. The van der Waals surface area contributed by atoms with Crippen LogP contribution in [0.15, 0.2) is 24.3 Å². The van der Waals surface area contributed by atoms with Crippen LogP contribution in [0.5, 0.6) is 5.75 Å². The highest BCUT2D eigenvalue weighted by molar-refractivity contribution is 5.94. The topological polar surface area (TPSA) is 64.4 Å². The van der Waals surface area contributed by atoms with E-state index in [0.717, 1.165) is 24.3 Å². The maximum absolute atomic E-state index is 11.9. The van der Waals surface area contributed by atoms with Gasteiger partial charge in [0.25, 0.3) is 0 Å². The van der Waals surface area contributed by atoms with E-state index in [1.807, 2.05) is 24.3 Å². The standard InChI is InChI=1S/C16H26N2O2/c1-4-5-9-15(17)16(19)18-13-7-6-8-14(10-13)20-11-12(2)3/h6-8,10,12,15H,4-5,9,11,17H2,1-3H3,(H,18,19). The van der Waals surface area contributed by atoms with Gasteiger partial charge < -0.3 is 15.8 Å². The third-order valence-electron chi connectivity index (χ3n) is 2.89. The Morgan fingerprint density at radius 3 is 2.80 bits per heavy atom. The molecule has 1 amide bonds. The molecule has 4 heteroatoms. The molecule has 20 heavy (non-hydrogen) atoms. The number of carbonyl (C=O) groups excluding carboxylic acids is 1. The molecule has 0 aliphatic rings. The maximum atomic E-state index is 11.9. The number of unbranched alkanes of at least 4 members (excludes halogenated alkanes) is 1. The number of rotatable bonds is 8. The van der Waals surface area contributed by atoms with E-state index in [-0.39, 0.29) is 5.91 Å². The summed E-state index contributed by atoms with van der Waals surface area (Å²) >= 11 is 0. The Morgan fingerprint density at radius 2 is 2.15 bits per heavy atom. The van der Waals surface area contributed by atoms with Crippen molar-refractivity contribution in [1.82, 2.24) is 0 Å². The molecule has 0 heterocycles. The summed E-state index contributed by atoms with van der Waals surface area (Å²) in [4.78, 5) is 11.9. The van der Waals surface area contributed by atoms with Gasteiger partial charge in [0.15, 0.2) is 0 Å². The Morgan fingerprint density at radius 1 is 1.40 bits per heavy atom. The molecular formula is C16H26N2O2. The molecule has 1 rings (SSSR count). The van der Waals surface area contributed by atoms with E-state index >= 15 is 0 Å². The monoisotopic (exact) mass is 278 g/mol. The second-order valence-electron chi connectivity index (χ2n) is 5.47. The molecular weight excluding hydrogens is 252 g/mol. The largest absolute Gasteiger partial charge is 0.493 e. The smallest absolute Gasteiger partial charge is 0.241 e. The van der Waals surface area contributed by atoms with E-state index in [1.165, 1.54) is 0 Å². The van der Waals surface area contributed by atoms with Crippen molar-refractivity contribution in [2.45, 2.75) is 46.1 Å². The first-order valence-electron chi connectivity index (χ1n) is 7.32. The van der Waals surface area contributed by atoms with Crippen molar-refractivity contribution in [3.63, 3.8) is 0 Å². The van der Waals surface area contributed by atoms with Crippen LogP contribution in [0.2, 0.25) is 0 Å². The van der Waals surface area contributed by atoms with E-state index in [0.29, 0.717) is 18.9 Å². The van der Waals surface area contributed by atoms with Gasteiger partial charge in [-0.15, -0.1) is 0 Å². The van der Waals surface area contributed by atoms with Crippen LogP contribution in [0.4, 0.5) is 5.69 Å². The Kier molecular flexibility index (Phi) is 7.09. The lowest BCUT2D eigenvalue weighted by atomic mass is 10.1. The summed E-state index contributed by atoms with van der Waals surface area (Å²) in [5.41, 5.74) is 6.57. The van der Waals surface area contributed by atoms with Gasteiger partial charge in [-0.1, -0.05) is 39.7 Å². The number of carbonyl (C=O) groups is 1. The first-order valence-corrected chi connectivity index (χ1v) is 7.32. The molecule has 0 aliphatic heterocycles. The summed E-state index contributed by atoms with van der Waals surface area (Å²) in [5, 5.41) is 2.83. The first-order chi connectivity index (χ1) is 9.52. The van der Waals surface area contributed by atoms with Crippen LogP contribution < -0.4 is 15.8 Å². The number of benzene rings is 1. The average molecular weight is 278 g/mol. The van der Waals surface area contributed by atoms with Crippen molar-refractivity contribution in [2.24, 2.45) is 11.7 Å². The van der Waals surface area contributed by atoms with Crippen molar-refractivity contribution in [3.8, 4) is 5.75 Å². The highest BCUT2D eigenvalue weighted by atomic mass is 16.5. The van der Waals surface area contributed by atoms with Crippen LogP contribution >= 0.6 is 0 Å². The van der Waals surface area contributed by atoms with E-state index in [2.05, 4.69) is 26.1 Å². The number of amides is 1. The number of hydrogen-bond donors (Lipinski definition) is 2. The summed E-state index contributed by atoms with van der Waals surface area (Å²) in [6, 6.07) is 6.97. The number of nitrogens with one attached hydrogen (secondary N) is 1. The molecule has 4 nitrogen and oxygen atoms in total. The van der Waals surface area contributed by atoms with Gasteiger partial charge in [-0.05, 0) is 24.5 Å². The lowest BCUT2D eigenvalue weighted by molar-refractivity contribution is -0.117. The minimum Gasteiger partial charge on any atom is -0.493 e. The SMILES string of the molecule is CCCCC(N)C(=O)Nc1cccc(OCC(C)C)c1. The van der Waals surface area contributed by atoms with Crippen molar-refractivity contribution in [2.75, 3.05) is 11.9 Å². The third kappa shape index (κ3) is 6.06. The lowest BCUT2D eigenvalue weighted by Crippen LogP contribution is -2.35. The maximum Gasteiger partial charge on any atom is 0.241 e. The van der Waals surface area contributed by atoms with Crippen LogP contribution in [-0.2, 0) is 4.79 Å². The summed E-state index contributed by atoms with van der Waals surface area (Å²) in [5.74, 6) is 1.09. The van der Waals surface area contributed by atoms with Crippen molar-refractivity contribution >= 4 is 11.6 Å². The highest BCUT2D eigenvalue weighted by Gasteiger charge is 2.13. The van der Waals surface area contributed by atoms with Crippen LogP contribution in [0.3, 0.4) is 0 Å². The van der Waals surface area contributed by atoms with Gasteiger partial charge in [0.2, 0.25) is 5.91 Å². The second-order valence-corrected chi connectivity index (χ2v) is 5.47. The fourth-order valence-electron chi connectivity index (χ4n) is 1.72. The molecule has 0 aliphatic carbocycles. The fourth-order valence-corrected chi connectivity index (χ4v) is 1.72. The molecule has 1 aromatic rings. The number of nitrogens with two attached hydrogens (primary N) is 1. The highest BCUT2D eigenvalue weighted by Crippen LogP contribution is 2.18. The summed E-state index contributed by atoms with van der Waals surface area (Å²) in [7, 11) is 0. The van der Waals surface area contributed by atoms with Gasteiger partial charge in [-0.2, -0.15) is 0 Å². The molecule has 0 fully saturated rings. The van der Waals surface area contributed by atoms with E-state index in [4.69, 9.17) is 10.5 Å². The van der Waals surface area contributed by atoms with E-state index < -0.39 is 6.04 Å². The number of ether oxygens (including phenoxy) is 1. The fraction of sp³-hybridized carbons (Fsp3) is 0.562. The Balaban J connectivity index is 2.54.